The molecule has 2 fully saturated rings. The Morgan fingerprint density at radius 1 is 1.48 bits per heavy atom. The molecule has 0 spiro atoms. The number of carbonyl (C=O) groups is 1. The Kier molecular flexibility index (Phi) is 3.40. The number of hydrogen-bond acceptors (Lipinski definition) is 3. The second-order valence-electron chi connectivity index (χ2n) is 6.07. The molecule has 21 heavy (non-hydrogen) atoms. The van der Waals surface area contributed by atoms with Crippen LogP contribution in [0.2, 0.25) is 0 Å². The van der Waals surface area contributed by atoms with E-state index in [1.807, 2.05) is 24.8 Å². The lowest BCUT2D eigenvalue weighted by Crippen LogP contribution is -2.43. The summed E-state index contributed by atoms with van der Waals surface area (Å²) in [6.45, 7) is 3.91. The van der Waals surface area contributed by atoms with Crippen LogP contribution in [0.15, 0.2) is 18.2 Å². The van der Waals surface area contributed by atoms with Crippen LogP contribution < -0.4 is 10.1 Å². The van der Waals surface area contributed by atoms with Gasteiger partial charge in [-0.2, -0.15) is 0 Å². The first-order chi connectivity index (χ1) is 10.00. The third-order valence-electron chi connectivity index (χ3n) is 4.58. The van der Waals surface area contributed by atoms with Crippen LogP contribution in [0.4, 0.5) is 4.39 Å². The predicted octanol–water partition coefficient (Wildman–Crippen LogP) is 2.60. The average molecular weight is 292 g/mol. The van der Waals surface area contributed by atoms with Gasteiger partial charge < -0.3 is 9.64 Å². The topological polar surface area (TPSA) is 41.6 Å². The van der Waals surface area contributed by atoms with Gasteiger partial charge in [-0.15, -0.1) is 0 Å². The first-order valence-corrected chi connectivity index (χ1v) is 7.44. The monoisotopic (exact) mass is 292 g/mol. The van der Waals surface area contributed by atoms with Gasteiger partial charge in [-0.05, 0) is 43.9 Å². The van der Waals surface area contributed by atoms with Crippen molar-refractivity contribution in [3.8, 4) is 5.75 Å². The first-order valence-electron chi connectivity index (χ1n) is 7.44. The maximum Gasteiger partial charge on any atom is 0.244 e. The molecule has 1 heterocycles. The molecule has 2 aliphatic rings. The Bertz CT molecular complexity index is 573. The van der Waals surface area contributed by atoms with Gasteiger partial charge in [0.1, 0.15) is 6.17 Å². The molecule has 1 aliphatic carbocycles. The van der Waals surface area contributed by atoms with Crippen LogP contribution in [0.1, 0.15) is 44.8 Å². The number of nitrogens with zero attached hydrogens (tertiary/aromatic N) is 1. The molecule has 114 valence electrons. The summed E-state index contributed by atoms with van der Waals surface area (Å²) in [5, 5.41) is 3.39. The van der Waals surface area contributed by atoms with Crippen molar-refractivity contribution in [2.75, 3.05) is 7.11 Å². The van der Waals surface area contributed by atoms with E-state index in [1.54, 1.807) is 6.07 Å². The molecule has 0 radical (unpaired) electrons. The number of benzene rings is 1. The van der Waals surface area contributed by atoms with E-state index in [4.69, 9.17) is 4.74 Å². The van der Waals surface area contributed by atoms with Crippen molar-refractivity contribution in [3.05, 3.63) is 29.6 Å². The molecule has 1 aromatic rings. The first kappa shape index (κ1) is 14.3. The van der Waals surface area contributed by atoms with E-state index >= 15 is 0 Å². The summed E-state index contributed by atoms with van der Waals surface area (Å²) >= 11 is 0. The van der Waals surface area contributed by atoms with E-state index in [1.165, 1.54) is 13.2 Å². The van der Waals surface area contributed by atoms with Gasteiger partial charge in [-0.3, -0.25) is 10.1 Å². The highest BCUT2D eigenvalue weighted by Crippen LogP contribution is 2.41. The van der Waals surface area contributed by atoms with Crippen molar-refractivity contribution in [2.45, 2.75) is 50.9 Å². The van der Waals surface area contributed by atoms with E-state index in [0.717, 1.165) is 18.4 Å². The summed E-state index contributed by atoms with van der Waals surface area (Å²) in [6, 6.07) is 5.18. The molecule has 1 N–H and O–H groups in total. The molecule has 0 bridgehead atoms. The zero-order valence-electron chi connectivity index (χ0n) is 12.6. The van der Waals surface area contributed by atoms with E-state index in [9.17, 15) is 9.18 Å². The number of rotatable bonds is 4. The van der Waals surface area contributed by atoms with Crippen LogP contribution in [0.25, 0.3) is 0 Å². The molecule has 1 saturated heterocycles. The van der Waals surface area contributed by atoms with Crippen LogP contribution in [0.5, 0.6) is 5.75 Å². The Balaban J connectivity index is 1.96. The lowest BCUT2D eigenvalue weighted by Gasteiger charge is -2.24. The van der Waals surface area contributed by atoms with Crippen molar-refractivity contribution in [2.24, 2.45) is 0 Å². The highest BCUT2D eigenvalue weighted by molar-refractivity contribution is 5.89. The maximum atomic E-state index is 14.0. The van der Waals surface area contributed by atoms with Gasteiger partial charge in [-0.25, -0.2) is 4.39 Å². The Morgan fingerprint density at radius 3 is 2.71 bits per heavy atom. The molecule has 2 atom stereocenters. The van der Waals surface area contributed by atoms with Crippen molar-refractivity contribution in [1.82, 2.24) is 10.2 Å². The Labute approximate surface area is 124 Å². The quantitative estimate of drug-likeness (QED) is 0.927. The molecule has 3 rings (SSSR count). The number of amides is 1. The van der Waals surface area contributed by atoms with Gasteiger partial charge in [0.05, 0.1) is 12.6 Å². The third-order valence-corrected chi connectivity index (χ3v) is 4.58. The fourth-order valence-electron chi connectivity index (χ4n) is 2.91. The normalized spacial score (nSPS) is 29.0. The second kappa shape index (κ2) is 4.98. The minimum atomic E-state index is -0.566. The number of halogens is 1. The summed E-state index contributed by atoms with van der Waals surface area (Å²) in [6.07, 6.45) is 2.52. The lowest BCUT2D eigenvalue weighted by molar-refractivity contribution is -0.133. The Morgan fingerprint density at radius 2 is 2.19 bits per heavy atom. The maximum absolute atomic E-state index is 14.0. The van der Waals surface area contributed by atoms with Crippen molar-refractivity contribution >= 4 is 5.91 Å². The second-order valence-corrected chi connectivity index (χ2v) is 6.07. The largest absolute Gasteiger partial charge is 0.494 e. The zero-order chi connectivity index (χ0) is 15.2. The Hall–Kier alpha value is -1.62. The van der Waals surface area contributed by atoms with Gasteiger partial charge in [0.15, 0.2) is 11.6 Å². The van der Waals surface area contributed by atoms with Crippen LogP contribution in [0, 0.1) is 5.82 Å². The van der Waals surface area contributed by atoms with Crippen molar-refractivity contribution in [3.63, 3.8) is 0 Å². The van der Waals surface area contributed by atoms with Gasteiger partial charge in [0.2, 0.25) is 5.91 Å². The molecular weight excluding hydrogens is 271 g/mol. The van der Waals surface area contributed by atoms with E-state index in [-0.39, 0.29) is 23.9 Å². The highest BCUT2D eigenvalue weighted by atomic mass is 19.1. The highest BCUT2D eigenvalue weighted by Gasteiger charge is 2.52. The molecule has 4 nitrogen and oxygen atoms in total. The molecule has 1 saturated carbocycles. The van der Waals surface area contributed by atoms with E-state index in [2.05, 4.69) is 5.32 Å². The smallest absolute Gasteiger partial charge is 0.244 e. The fraction of sp³-hybridized carbons (Fsp3) is 0.562. The molecule has 1 aliphatic heterocycles. The van der Waals surface area contributed by atoms with Crippen molar-refractivity contribution in [1.29, 1.82) is 0 Å². The molecule has 0 aromatic heterocycles. The fourth-order valence-corrected chi connectivity index (χ4v) is 2.91. The van der Waals surface area contributed by atoms with Crippen LogP contribution >= 0.6 is 0 Å². The van der Waals surface area contributed by atoms with Crippen LogP contribution in [0.3, 0.4) is 0 Å². The van der Waals surface area contributed by atoms with Crippen LogP contribution in [-0.2, 0) is 4.79 Å². The number of nitrogens with one attached hydrogen (secondary N) is 1. The minimum Gasteiger partial charge on any atom is -0.494 e. The SMILES string of the molecule is CCC1(C)NC(c2ccc(OC)c(F)c2)N(C2CC2)C1=O. The average Bonchev–Trinajstić information content (AvgIpc) is 3.27. The number of carbonyl (C=O) groups excluding carboxylic acids is 1. The molecule has 1 aromatic carbocycles. The van der Waals surface area contributed by atoms with Gasteiger partial charge in [0.25, 0.3) is 0 Å². The van der Waals surface area contributed by atoms with Gasteiger partial charge >= 0.3 is 0 Å². The summed E-state index contributed by atoms with van der Waals surface area (Å²) in [7, 11) is 1.44. The zero-order valence-corrected chi connectivity index (χ0v) is 12.6. The summed E-state index contributed by atoms with van der Waals surface area (Å²) in [4.78, 5) is 14.6. The minimum absolute atomic E-state index is 0.119. The molecule has 2 unspecified atom stereocenters. The molecule has 1 amide bonds. The number of ether oxygens (including phenoxy) is 1. The summed E-state index contributed by atoms with van der Waals surface area (Å²) in [5.41, 5.74) is 0.203. The van der Waals surface area contributed by atoms with Gasteiger partial charge in [-0.1, -0.05) is 13.0 Å². The summed E-state index contributed by atoms with van der Waals surface area (Å²) in [5.74, 6) is -0.0573. The number of hydrogen-bond donors (Lipinski definition) is 1. The standard InChI is InChI=1S/C16H21FN2O2/c1-4-16(2)15(20)19(11-6-7-11)14(18-16)10-5-8-13(21-3)12(17)9-10/h5,8-9,11,14,18H,4,6-7H2,1-3H3. The number of methoxy groups -OCH3 is 1. The van der Waals surface area contributed by atoms with E-state index < -0.39 is 11.4 Å². The summed E-state index contributed by atoms with van der Waals surface area (Å²) < 4.78 is 18.9. The van der Waals surface area contributed by atoms with Crippen LogP contribution in [-0.4, -0.2) is 29.5 Å². The van der Waals surface area contributed by atoms with E-state index in [0.29, 0.717) is 6.42 Å². The predicted molar refractivity (Wildman–Crippen MR) is 77.4 cm³/mol. The lowest BCUT2D eigenvalue weighted by atomic mass is 9.99. The third kappa shape index (κ3) is 2.29. The molecule has 5 heteroatoms. The van der Waals surface area contributed by atoms with Crippen molar-refractivity contribution < 1.29 is 13.9 Å². The molecular formula is C16H21FN2O2. The van der Waals surface area contributed by atoms with Gasteiger partial charge in [0, 0.05) is 6.04 Å².